The first-order chi connectivity index (χ1) is 10.1. The number of anilines is 1. The van der Waals surface area contributed by atoms with Crippen LogP contribution in [0.5, 0.6) is 0 Å². The third kappa shape index (κ3) is 5.13. The van der Waals surface area contributed by atoms with Crippen molar-refractivity contribution in [1.29, 1.82) is 0 Å². The maximum atomic E-state index is 12.1. The van der Waals surface area contributed by atoms with E-state index in [-0.39, 0.29) is 25.0 Å². The normalized spacial score (nSPS) is 14.0. The molecule has 6 heteroatoms. The van der Waals surface area contributed by atoms with Crippen LogP contribution in [0.2, 0.25) is 0 Å². The Bertz CT molecular complexity index is 517. The summed E-state index contributed by atoms with van der Waals surface area (Å²) in [6.45, 7) is 2.51. The van der Waals surface area contributed by atoms with Crippen molar-refractivity contribution < 1.29 is 14.3 Å². The predicted molar refractivity (Wildman–Crippen MR) is 84.0 cm³/mol. The Balaban J connectivity index is 1.89. The highest BCUT2D eigenvalue weighted by Gasteiger charge is 2.32. The summed E-state index contributed by atoms with van der Waals surface area (Å²) in [5, 5.41) is 2.85. The van der Waals surface area contributed by atoms with Crippen molar-refractivity contribution in [3.63, 3.8) is 0 Å². The van der Waals surface area contributed by atoms with Crippen LogP contribution in [-0.2, 0) is 14.3 Å². The van der Waals surface area contributed by atoms with Crippen molar-refractivity contribution >= 4 is 33.5 Å². The van der Waals surface area contributed by atoms with E-state index in [9.17, 15) is 9.59 Å². The van der Waals surface area contributed by atoms with E-state index in [2.05, 4.69) is 21.2 Å². The Hall–Kier alpha value is -1.40. The van der Waals surface area contributed by atoms with Crippen LogP contribution >= 0.6 is 15.9 Å². The molecule has 0 bridgehead atoms. The summed E-state index contributed by atoms with van der Waals surface area (Å²) >= 11 is 3.39. The highest BCUT2D eigenvalue weighted by molar-refractivity contribution is 9.10. The summed E-state index contributed by atoms with van der Waals surface area (Å²) in [6.07, 6.45) is 2.06. The zero-order chi connectivity index (χ0) is 15.2. The zero-order valence-corrected chi connectivity index (χ0v) is 13.6. The molecule has 2 rings (SSSR count). The molecule has 0 unspecified atom stereocenters. The van der Waals surface area contributed by atoms with Crippen LogP contribution in [0.25, 0.3) is 0 Å². The number of benzene rings is 1. The van der Waals surface area contributed by atoms with Gasteiger partial charge in [-0.2, -0.15) is 0 Å². The van der Waals surface area contributed by atoms with Crippen molar-refractivity contribution in [3.05, 3.63) is 28.7 Å². The number of ether oxygens (including phenoxy) is 1. The molecule has 1 aromatic carbocycles. The second-order valence-corrected chi connectivity index (χ2v) is 5.82. The maximum absolute atomic E-state index is 12.1. The monoisotopic (exact) mass is 354 g/mol. The average Bonchev–Trinajstić information content (AvgIpc) is 3.25. The molecule has 0 aromatic heterocycles. The number of esters is 1. The molecule has 0 saturated heterocycles. The SMILES string of the molecule is CCOC(=O)CN(CC(=O)Nc1ccccc1Br)C1CC1. The molecule has 21 heavy (non-hydrogen) atoms. The predicted octanol–water partition coefficient (Wildman–Crippen LogP) is 2.42. The summed E-state index contributed by atoms with van der Waals surface area (Å²) < 4.78 is 5.78. The van der Waals surface area contributed by atoms with E-state index < -0.39 is 0 Å². The molecule has 0 heterocycles. The lowest BCUT2D eigenvalue weighted by Gasteiger charge is -2.20. The first-order valence-corrected chi connectivity index (χ1v) is 7.83. The van der Waals surface area contributed by atoms with E-state index in [1.165, 1.54) is 0 Å². The van der Waals surface area contributed by atoms with Crippen LogP contribution in [0.3, 0.4) is 0 Å². The number of nitrogens with one attached hydrogen (secondary N) is 1. The molecule has 0 aliphatic heterocycles. The van der Waals surface area contributed by atoms with Crippen molar-refractivity contribution in [2.24, 2.45) is 0 Å². The van der Waals surface area contributed by atoms with Crippen molar-refractivity contribution in [3.8, 4) is 0 Å². The highest BCUT2D eigenvalue weighted by Crippen LogP contribution is 2.27. The Morgan fingerprint density at radius 3 is 2.67 bits per heavy atom. The van der Waals surface area contributed by atoms with Crippen LogP contribution in [0.4, 0.5) is 5.69 Å². The van der Waals surface area contributed by atoms with Gasteiger partial charge in [-0.1, -0.05) is 12.1 Å². The molecule has 1 aliphatic rings. The van der Waals surface area contributed by atoms with E-state index in [1.807, 2.05) is 29.2 Å². The van der Waals surface area contributed by atoms with E-state index in [1.54, 1.807) is 6.92 Å². The van der Waals surface area contributed by atoms with Crippen LogP contribution in [0, 0.1) is 0 Å². The van der Waals surface area contributed by atoms with E-state index >= 15 is 0 Å². The van der Waals surface area contributed by atoms with Crippen molar-refractivity contribution in [1.82, 2.24) is 4.90 Å². The van der Waals surface area contributed by atoms with E-state index in [0.29, 0.717) is 12.6 Å². The van der Waals surface area contributed by atoms with Crippen molar-refractivity contribution in [2.45, 2.75) is 25.8 Å². The first kappa shape index (κ1) is 16.0. The van der Waals surface area contributed by atoms with Gasteiger partial charge in [-0.25, -0.2) is 0 Å². The van der Waals surface area contributed by atoms with E-state index in [4.69, 9.17) is 4.74 Å². The smallest absolute Gasteiger partial charge is 0.320 e. The second-order valence-electron chi connectivity index (χ2n) is 4.97. The number of amides is 1. The molecule has 1 N–H and O–H groups in total. The fourth-order valence-electron chi connectivity index (χ4n) is 2.06. The molecule has 0 spiro atoms. The number of nitrogens with zero attached hydrogens (tertiary/aromatic N) is 1. The Morgan fingerprint density at radius 1 is 1.33 bits per heavy atom. The first-order valence-electron chi connectivity index (χ1n) is 7.04. The van der Waals surface area contributed by atoms with Gasteiger partial charge in [0.25, 0.3) is 0 Å². The summed E-state index contributed by atoms with van der Waals surface area (Å²) in [7, 11) is 0. The van der Waals surface area contributed by atoms with Crippen LogP contribution < -0.4 is 5.32 Å². The molecule has 1 amide bonds. The fourth-order valence-corrected chi connectivity index (χ4v) is 2.45. The van der Waals surface area contributed by atoms with Crippen LogP contribution in [0.15, 0.2) is 28.7 Å². The molecule has 1 aromatic rings. The molecular formula is C15H19BrN2O3. The van der Waals surface area contributed by atoms with Crippen LogP contribution in [-0.4, -0.2) is 42.5 Å². The lowest BCUT2D eigenvalue weighted by molar-refractivity contribution is -0.144. The second kappa shape index (κ2) is 7.56. The van der Waals surface area contributed by atoms with Gasteiger partial charge >= 0.3 is 5.97 Å². The third-order valence-electron chi connectivity index (χ3n) is 3.20. The van der Waals surface area contributed by atoms with Gasteiger partial charge in [0.05, 0.1) is 25.4 Å². The van der Waals surface area contributed by atoms with Gasteiger partial charge in [-0.3, -0.25) is 14.5 Å². The fraction of sp³-hybridized carbons (Fsp3) is 0.467. The average molecular weight is 355 g/mol. The summed E-state index contributed by atoms with van der Waals surface area (Å²) in [5.74, 6) is -0.406. The molecule has 5 nitrogen and oxygen atoms in total. The Labute approximate surface area is 132 Å². The third-order valence-corrected chi connectivity index (χ3v) is 3.89. The minimum atomic E-state index is -0.280. The van der Waals surface area contributed by atoms with Gasteiger partial charge in [0.1, 0.15) is 0 Å². The van der Waals surface area contributed by atoms with Gasteiger partial charge in [0, 0.05) is 10.5 Å². The number of hydrogen-bond donors (Lipinski definition) is 1. The number of carbonyl (C=O) groups is 2. The minimum absolute atomic E-state index is 0.127. The van der Waals surface area contributed by atoms with Gasteiger partial charge < -0.3 is 10.1 Å². The molecule has 1 saturated carbocycles. The summed E-state index contributed by atoms with van der Waals surface area (Å²) in [6, 6.07) is 7.76. The lowest BCUT2D eigenvalue weighted by Crippen LogP contribution is -2.39. The van der Waals surface area contributed by atoms with Crippen LogP contribution in [0.1, 0.15) is 19.8 Å². The van der Waals surface area contributed by atoms with Gasteiger partial charge in [0.15, 0.2) is 0 Å². The van der Waals surface area contributed by atoms with Gasteiger partial charge in [0.2, 0.25) is 5.91 Å². The number of para-hydroxylation sites is 1. The minimum Gasteiger partial charge on any atom is -0.465 e. The molecule has 1 fully saturated rings. The molecular weight excluding hydrogens is 336 g/mol. The Morgan fingerprint density at radius 2 is 2.05 bits per heavy atom. The number of hydrogen-bond acceptors (Lipinski definition) is 4. The quantitative estimate of drug-likeness (QED) is 0.764. The summed E-state index contributed by atoms with van der Waals surface area (Å²) in [4.78, 5) is 25.6. The highest BCUT2D eigenvalue weighted by atomic mass is 79.9. The Kier molecular flexibility index (Phi) is 5.76. The molecule has 0 atom stereocenters. The molecule has 0 radical (unpaired) electrons. The van der Waals surface area contributed by atoms with Gasteiger partial charge in [-0.05, 0) is 47.8 Å². The van der Waals surface area contributed by atoms with Gasteiger partial charge in [-0.15, -0.1) is 0 Å². The van der Waals surface area contributed by atoms with Crippen molar-refractivity contribution in [2.75, 3.05) is 25.0 Å². The number of carbonyl (C=O) groups excluding carboxylic acids is 2. The number of rotatable bonds is 7. The topological polar surface area (TPSA) is 58.6 Å². The molecule has 1 aliphatic carbocycles. The number of halogens is 1. The standard InChI is InChI=1S/C15H19BrN2O3/c1-2-21-15(20)10-18(11-7-8-11)9-14(19)17-13-6-4-3-5-12(13)16/h3-6,11H,2,7-10H2,1H3,(H,17,19). The maximum Gasteiger partial charge on any atom is 0.320 e. The lowest BCUT2D eigenvalue weighted by atomic mass is 10.3. The summed E-state index contributed by atoms with van der Waals surface area (Å²) in [5.41, 5.74) is 0.731. The van der Waals surface area contributed by atoms with E-state index in [0.717, 1.165) is 23.0 Å². The zero-order valence-electron chi connectivity index (χ0n) is 12.0. The largest absolute Gasteiger partial charge is 0.465 e. The molecule has 114 valence electrons.